The van der Waals surface area contributed by atoms with E-state index in [1.807, 2.05) is 0 Å². The van der Waals surface area contributed by atoms with Crippen molar-refractivity contribution in [3.8, 4) is 0 Å². The van der Waals surface area contributed by atoms with Crippen molar-refractivity contribution in [2.45, 2.75) is 19.8 Å². The van der Waals surface area contributed by atoms with E-state index in [-0.39, 0.29) is 0 Å². The summed E-state index contributed by atoms with van der Waals surface area (Å²) < 4.78 is 4.82. The number of carbonyl (C=O) groups is 2. The second-order valence-corrected chi connectivity index (χ2v) is 3.40. The Morgan fingerprint density at radius 3 is 2.31 bits per heavy atom. The molecule has 1 N–H and O–H groups in total. The lowest BCUT2D eigenvalue weighted by Gasteiger charge is -2.07. The van der Waals surface area contributed by atoms with Gasteiger partial charge in [0.2, 0.25) is 0 Å². The van der Waals surface area contributed by atoms with Gasteiger partial charge in [0, 0.05) is 0 Å². The SMILES string of the molecule is CCOC(=O)c1ccc(C(C)C(=O)O)cc1. The number of benzene rings is 1. The lowest BCUT2D eigenvalue weighted by molar-refractivity contribution is -0.138. The van der Waals surface area contributed by atoms with Gasteiger partial charge in [0.25, 0.3) is 0 Å². The van der Waals surface area contributed by atoms with E-state index in [9.17, 15) is 9.59 Å². The van der Waals surface area contributed by atoms with Gasteiger partial charge in [-0.15, -0.1) is 0 Å². The standard InChI is InChI=1S/C12H14O4/c1-3-16-12(15)10-6-4-9(5-7-10)8(2)11(13)14/h4-8H,3H2,1-2H3,(H,13,14). The molecule has 16 heavy (non-hydrogen) atoms. The van der Waals surface area contributed by atoms with Crippen molar-refractivity contribution in [3.63, 3.8) is 0 Å². The molecule has 0 radical (unpaired) electrons. The van der Waals surface area contributed by atoms with Gasteiger partial charge < -0.3 is 9.84 Å². The van der Waals surface area contributed by atoms with Crippen LogP contribution in [-0.4, -0.2) is 23.7 Å². The van der Waals surface area contributed by atoms with Crippen LogP contribution < -0.4 is 0 Å². The molecule has 0 aliphatic rings. The fourth-order valence-corrected chi connectivity index (χ4v) is 1.26. The first-order valence-electron chi connectivity index (χ1n) is 5.06. The summed E-state index contributed by atoms with van der Waals surface area (Å²) in [6.07, 6.45) is 0. The molecule has 0 amide bonds. The van der Waals surface area contributed by atoms with Gasteiger partial charge in [-0.3, -0.25) is 4.79 Å². The van der Waals surface area contributed by atoms with Crippen molar-refractivity contribution in [1.82, 2.24) is 0 Å². The third kappa shape index (κ3) is 2.82. The Labute approximate surface area is 93.9 Å². The van der Waals surface area contributed by atoms with Crippen LogP contribution in [0.5, 0.6) is 0 Å². The average molecular weight is 222 g/mol. The number of esters is 1. The van der Waals surface area contributed by atoms with E-state index in [0.717, 1.165) is 0 Å². The third-order valence-electron chi connectivity index (χ3n) is 2.29. The van der Waals surface area contributed by atoms with Gasteiger partial charge in [-0.1, -0.05) is 12.1 Å². The summed E-state index contributed by atoms with van der Waals surface area (Å²) in [5.74, 6) is -1.85. The Bertz CT molecular complexity index is 381. The van der Waals surface area contributed by atoms with Crippen molar-refractivity contribution in [2.75, 3.05) is 6.61 Å². The number of rotatable bonds is 4. The van der Waals surface area contributed by atoms with E-state index in [0.29, 0.717) is 17.7 Å². The number of hydrogen-bond acceptors (Lipinski definition) is 3. The minimum Gasteiger partial charge on any atom is -0.481 e. The molecule has 0 bridgehead atoms. The second kappa shape index (κ2) is 5.30. The molecule has 1 atom stereocenters. The predicted molar refractivity (Wildman–Crippen MR) is 58.4 cm³/mol. The first-order valence-corrected chi connectivity index (χ1v) is 5.06. The van der Waals surface area contributed by atoms with Gasteiger partial charge >= 0.3 is 11.9 Å². The van der Waals surface area contributed by atoms with Crippen LogP contribution in [0.25, 0.3) is 0 Å². The zero-order valence-electron chi connectivity index (χ0n) is 9.27. The molecule has 4 heteroatoms. The van der Waals surface area contributed by atoms with Crippen LogP contribution in [0.4, 0.5) is 0 Å². The van der Waals surface area contributed by atoms with Gasteiger partial charge in [0.05, 0.1) is 18.1 Å². The lowest BCUT2D eigenvalue weighted by atomic mass is 10.0. The minimum absolute atomic E-state index is 0.326. The van der Waals surface area contributed by atoms with Crippen LogP contribution in [0.15, 0.2) is 24.3 Å². The van der Waals surface area contributed by atoms with Crippen LogP contribution >= 0.6 is 0 Å². The van der Waals surface area contributed by atoms with Crippen LogP contribution in [-0.2, 0) is 9.53 Å². The van der Waals surface area contributed by atoms with E-state index in [1.165, 1.54) is 0 Å². The van der Waals surface area contributed by atoms with E-state index < -0.39 is 17.9 Å². The summed E-state index contributed by atoms with van der Waals surface area (Å²) in [5, 5.41) is 8.81. The number of carbonyl (C=O) groups excluding carboxylic acids is 1. The van der Waals surface area contributed by atoms with Gasteiger partial charge in [0.15, 0.2) is 0 Å². The molecular formula is C12H14O4. The first kappa shape index (κ1) is 12.2. The quantitative estimate of drug-likeness (QED) is 0.792. The molecular weight excluding hydrogens is 208 g/mol. The van der Waals surface area contributed by atoms with Crippen molar-refractivity contribution in [1.29, 1.82) is 0 Å². The highest BCUT2D eigenvalue weighted by atomic mass is 16.5. The Morgan fingerprint density at radius 1 is 1.31 bits per heavy atom. The topological polar surface area (TPSA) is 63.6 Å². The van der Waals surface area contributed by atoms with Crippen LogP contribution in [0.3, 0.4) is 0 Å². The highest BCUT2D eigenvalue weighted by Crippen LogP contribution is 2.16. The molecule has 1 aromatic rings. The molecule has 0 heterocycles. The maximum atomic E-state index is 11.3. The fraction of sp³-hybridized carbons (Fsp3) is 0.333. The highest BCUT2D eigenvalue weighted by Gasteiger charge is 2.14. The summed E-state index contributed by atoms with van der Waals surface area (Å²) in [7, 11) is 0. The van der Waals surface area contributed by atoms with Gasteiger partial charge in [0.1, 0.15) is 0 Å². The smallest absolute Gasteiger partial charge is 0.338 e. The number of aliphatic carboxylic acids is 1. The molecule has 0 aliphatic carbocycles. The van der Waals surface area contributed by atoms with Gasteiger partial charge in [-0.25, -0.2) is 4.79 Å². The molecule has 86 valence electrons. The van der Waals surface area contributed by atoms with Crippen molar-refractivity contribution in [2.24, 2.45) is 0 Å². The summed E-state index contributed by atoms with van der Waals surface area (Å²) in [4.78, 5) is 22.1. The molecule has 0 aliphatic heterocycles. The maximum Gasteiger partial charge on any atom is 0.338 e. The number of ether oxygens (including phenoxy) is 1. The third-order valence-corrected chi connectivity index (χ3v) is 2.29. The zero-order chi connectivity index (χ0) is 12.1. The normalized spacial score (nSPS) is 11.9. The number of carboxylic acid groups (broad SMARTS) is 1. The summed E-state index contributed by atoms with van der Waals surface area (Å²) >= 11 is 0. The average Bonchev–Trinajstić information content (AvgIpc) is 2.28. The summed E-state index contributed by atoms with van der Waals surface area (Å²) in [6.45, 7) is 3.66. The van der Waals surface area contributed by atoms with Crippen molar-refractivity contribution < 1.29 is 19.4 Å². The Balaban J connectivity index is 2.83. The molecule has 1 aromatic carbocycles. The molecule has 0 aromatic heterocycles. The fourth-order valence-electron chi connectivity index (χ4n) is 1.26. The van der Waals surface area contributed by atoms with Crippen LogP contribution in [0.1, 0.15) is 35.7 Å². The molecule has 0 saturated heterocycles. The molecule has 0 fully saturated rings. The van der Waals surface area contributed by atoms with Gasteiger partial charge in [-0.2, -0.15) is 0 Å². The Hall–Kier alpha value is -1.84. The largest absolute Gasteiger partial charge is 0.481 e. The summed E-state index contributed by atoms with van der Waals surface area (Å²) in [5.41, 5.74) is 1.10. The van der Waals surface area contributed by atoms with Crippen LogP contribution in [0.2, 0.25) is 0 Å². The van der Waals surface area contributed by atoms with Gasteiger partial charge in [-0.05, 0) is 31.5 Å². The van der Waals surface area contributed by atoms with E-state index in [1.54, 1.807) is 38.1 Å². The van der Waals surface area contributed by atoms with Crippen molar-refractivity contribution >= 4 is 11.9 Å². The minimum atomic E-state index is -0.885. The molecule has 0 saturated carbocycles. The Kier molecular flexibility index (Phi) is 4.05. The molecule has 4 nitrogen and oxygen atoms in total. The van der Waals surface area contributed by atoms with E-state index >= 15 is 0 Å². The molecule has 1 unspecified atom stereocenters. The number of hydrogen-bond donors (Lipinski definition) is 1. The zero-order valence-corrected chi connectivity index (χ0v) is 9.27. The number of carboxylic acids is 1. The van der Waals surface area contributed by atoms with E-state index in [4.69, 9.17) is 9.84 Å². The Morgan fingerprint density at radius 2 is 1.88 bits per heavy atom. The monoisotopic (exact) mass is 222 g/mol. The lowest BCUT2D eigenvalue weighted by Crippen LogP contribution is -2.08. The van der Waals surface area contributed by atoms with E-state index in [2.05, 4.69) is 0 Å². The summed E-state index contributed by atoms with van der Waals surface area (Å²) in [6, 6.07) is 6.41. The molecule has 1 rings (SSSR count). The van der Waals surface area contributed by atoms with Crippen molar-refractivity contribution in [3.05, 3.63) is 35.4 Å². The molecule has 0 spiro atoms. The second-order valence-electron chi connectivity index (χ2n) is 3.40. The maximum absolute atomic E-state index is 11.3. The first-order chi connectivity index (χ1) is 7.56. The van der Waals surface area contributed by atoms with Crippen LogP contribution in [0, 0.1) is 0 Å². The predicted octanol–water partition coefficient (Wildman–Crippen LogP) is 2.05. The highest BCUT2D eigenvalue weighted by molar-refractivity contribution is 5.89.